The van der Waals surface area contributed by atoms with Gasteiger partial charge < -0.3 is 20.1 Å². The van der Waals surface area contributed by atoms with Crippen molar-refractivity contribution >= 4 is 17.9 Å². The summed E-state index contributed by atoms with van der Waals surface area (Å²) < 4.78 is -0.483. The maximum atomic E-state index is 12.1. The standard InChI is InChI=1S/C23H41NO6/c1-5-9-10-11-12-13-14-15-16-17-24(18(6-2)21(25)26,19(7-3)22(27)28)20(8-4)23(29)30/h11-12,18-20H,5-10,13-17H2,1-4H3,(H2-,25,26,27,28,29,30)/b12-11+. The van der Waals surface area contributed by atoms with Crippen molar-refractivity contribution in [3.05, 3.63) is 12.2 Å². The van der Waals surface area contributed by atoms with E-state index in [1.807, 2.05) is 0 Å². The Hall–Kier alpha value is -1.89. The van der Waals surface area contributed by atoms with Gasteiger partial charge in [-0.05, 0) is 32.1 Å². The summed E-state index contributed by atoms with van der Waals surface area (Å²) in [6, 6.07) is -3.40. The highest BCUT2D eigenvalue weighted by Crippen LogP contribution is 2.32. The van der Waals surface area contributed by atoms with Gasteiger partial charge in [-0.1, -0.05) is 52.7 Å². The Morgan fingerprint density at radius 1 is 0.767 bits per heavy atom. The first-order valence-corrected chi connectivity index (χ1v) is 11.4. The maximum Gasteiger partial charge on any atom is 0.362 e. The molecule has 0 aromatic heterocycles. The summed E-state index contributed by atoms with van der Waals surface area (Å²) in [7, 11) is 0. The third kappa shape index (κ3) is 7.74. The van der Waals surface area contributed by atoms with Crippen molar-refractivity contribution < 1.29 is 34.2 Å². The highest BCUT2D eigenvalue weighted by Gasteiger charge is 2.53. The van der Waals surface area contributed by atoms with Gasteiger partial charge in [0.05, 0.1) is 12.5 Å². The number of hydrogen-bond donors (Lipinski definition) is 2. The monoisotopic (exact) mass is 427 g/mol. The SMILES string of the molecule is CCCC/C=C/CCCCC[N+](C(CC)C(=O)[O-])(C(CC)C(=O)O)C(CC)C(=O)O. The third-order valence-corrected chi connectivity index (χ3v) is 6.05. The second-order valence-electron chi connectivity index (χ2n) is 7.95. The smallest absolute Gasteiger partial charge is 0.362 e. The molecule has 30 heavy (non-hydrogen) atoms. The molecule has 2 N–H and O–H groups in total. The largest absolute Gasteiger partial charge is 0.544 e. The van der Waals surface area contributed by atoms with Crippen molar-refractivity contribution in [2.24, 2.45) is 0 Å². The van der Waals surface area contributed by atoms with E-state index in [0.717, 1.165) is 32.1 Å². The van der Waals surface area contributed by atoms with Gasteiger partial charge in [0, 0.05) is 19.3 Å². The van der Waals surface area contributed by atoms with Crippen molar-refractivity contribution in [1.29, 1.82) is 0 Å². The number of aliphatic carboxylic acids is 3. The average Bonchev–Trinajstić information content (AvgIpc) is 2.67. The molecule has 174 valence electrons. The summed E-state index contributed by atoms with van der Waals surface area (Å²) in [5, 5.41) is 31.7. The number of carbonyl (C=O) groups excluding carboxylic acids is 1. The van der Waals surface area contributed by atoms with Crippen LogP contribution >= 0.6 is 0 Å². The Morgan fingerprint density at radius 3 is 1.60 bits per heavy atom. The van der Waals surface area contributed by atoms with E-state index in [1.165, 1.54) is 6.42 Å². The van der Waals surface area contributed by atoms with E-state index in [9.17, 15) is 29.7 Å². The molecule has 0 amide bonds. The summed E-state index contributed by atoms with van der Waals surface area (Å²) in [5.74, 6) is -3.69. The van der Waals surface area contributed by atoms with Crippen LogP contribution < -0.4 is 5.11 Å². The molecule has 0 heterocycles. The zero-order valence-electron chi connectivity index (χ0n) is 19.1. The van der Waals surface area contributed by atoms with Gasteiger partial charge in [0.25, 0.3) is 0 Å². The van der Waals surface area contributed by atoms with E-state index in [0.29, 0.717) is 6.42 Å². The summed E-state index contributed by atoms with van der Waals surface area (Å²) in [6.45, 7) is 7.34. The van der Waals surface area contributed by atoms with Crippen LogP contribution in [-0.2, 0) is 14.4 Å². The minimum atomic E-state index is -1.38. The molecule has 0 aromatic carbocycles. The van der Waals surface area contributed by atoms with Gasteiger partial charge in [0.15, 0.2) is 12.1 Å². The molecule has 7 heteroatoms. The van der Waals surface area contributed by atoms with Crippen LogP contribution in [0.25, 0.3) is 0 Å². The second-order valence-corrected chi connectivity index (χ2v) is 7.95. The highest BCUT2D eigenvalue weighted by atomic mass is 16.4. The van der Waals surface area contributed by atoms with Gasteiger partial charge in [-0.2, -0.15) is 0 Å². The third-order valence-electron chi connectivity index (χ3n) is 6.05. The maximum absolute atomic E-state index is 12.1. The van der Waals surface area contributed by atoms with Gasteiger partial charge in [-0.15, -0.1) is 0 Å². The molecular weight excluding hydrogens is 386 g/mol. The lowest BCUT2D eigenvalue weighted by atomic mass is 9.94. The normalized spacial score (nSPS) is 16.7. The molecule has 0 aromatic rings. The van der Waals surface area contributed by atoms with Crippen LogP contribution in [0.1, 0.15) is 91.9 Å². The van der Waals surface area contributed by atoms with Gasteiger partial charge >= 0.3 is 11.9 Å². The van der Waals surface area contributed by atoms with Crippen molar-refractivity contribution in [2.45, 2.75) is 110 Å². The molecule has 0 aliphatic heterocycles. The van der Waals surface area contributed by atoms with Gasteiger partial charge in [0.2, 0.25) is 0 Å². The fourth-order valence-electron chi connectivity index (χ4n) is 4.64. The van der Waals surface area contributed by atoms with E-state index in [1.54, 1.807) is 20.8 Å². The van der Waals surface area contributed by atoms with Crippen molar-refractivity contribution in [3.63, 3.8) is 0 Å². The molecule has 0 spiro atoms. The molecule has 0 aliphatic rings. The summed E-state index contributed by atoms with van der Waals surface area (Å²) in [5.41, 5.74) is 0. The molecule has 3 atom stereocenters. The lowest BCUT2D eigenvalue weighted by Crippen LogP contribution is -2.73. The molecule has 0 aliphatic carbocycles. The van der Waals surface area contributed by atoms with E-state index in [2.05, 4.69) is 19.1 Å². The number of carboxylic acids is 3. The first-order chi connectivity index (χ1) is 14.2. The highest BCUT2D eigenvalue weighted by molar-refractivity contribution is 5.77. The van der Waals surface area contributed by atoms with Crippen LogP contribution in [0, 0.1) is 0 Å². The Morgan fingerprint density at radius 2 is 1.23 bits per heavy atom. The number of hydrogen-bond acceptors (Lipinski definition) is 4. The summed E-state index contributed by atoms with van der Waals surface area (Å²) >= 11 is 0. The average molecular weight is 428 g/mol. The summed E-state index contributed by atoms with van der Waals surface area (Å²) in [4.78, 5) is 36.2. The summed E-state index contributed by atoms with van der Waals surface area (Å²) in [6.07, 6.45) is 11.3. The van der Waals surface area contributed by atoms with Crippen molar-refractivity contribution in [2.75, 3.05) is 6.54 Å². The number of carbonyl (C=O) groups is 3. The van der Waals surface area contributed by atoms with Crippen LogP contribution in [0.3, 0.4) is 0 Å². The Kier molecular flexibility index (Phi) is 14.0. The molecule has 0 rings (SSSR count). The fourth-order valence-corrected chi connectivity index (χ4v) is 4.64. The van der Waals surface area contributed by atoms with Crippen LogP contribution in [0.15, 0.2) is 12.2 Å². The lowest BCUT2D eigenvalue weighted by Gasteiger charge is -2.51. The predicted molar refractivity (Wildman–Crippen MR) is 115 cm³/mol. The lowest BCUT2D eigenvalue weighted by molar-refractivity contribution is -0.974. The van der Waals surface area contributed by atoms with Crippen LogP contribution in [0.4, 0.5) is 0 Å². The van der Waals surface area contributed by atoms with E-state index in [-0.39, 0.29) is 25.8 Å². The van der Waals surface area contributed by atoms with Gasteiger partial charge in [-0.3, -0.25) is 4.48 Å². The molecular formula is C23H41NO6. The van der Waals surface area contributed by atoms with E-state index >= 15 is 0 Å². The first kappa shape index (κ1) is 28.1. The number of nitrogens with zero attached hydrogens (tertiary/aromatic N) is 1. The quantitative estimate of drug-likeness (QED) is 0.197. The zero-order valence-corrected chi connectivity index (χ0v) is 19.1. The number of quaternary nitrogens is 1. The first-order valence-electron chi connectivity index (χ1n) is 11.4. The molecule has 0 saturated carbocycles. The molecule has 3 unspecified atom stereocenters. The molecule has 0 bridgehead atoms. The minimum Gasteiger partial charge on any atom is -0.544 e. The van der Waals surface area contributed by atoms with Crippen molar-refractivity contribution in [1.82, 2.24) is 0 Å². The van der Waals surface area contributed by atoms with Gasteiger partial charge in [-0.25, -0.2) is 9.59 Å². The van der Waals surface area contributed by atoms with E-state index in [4.69, 9.17) is 0 Å². The molecule has 7 nitrogen and oxygen atoms in total. The van der Waals surface area contributed by atoms with Crippen LogP contribution in [0.2, 0.25) is 0 Å². The predicted octanol–water partition coefficient (Wildman–Crippen LogP) is 3.36. The minimum absolute atomic E-state index is 0.121. The fraction of sp³-hybridized carbons (Fsp3) is 0.783. The van der Waals surface area contributed by atoms with Crippen LogP contribution in [-0.4, -0.2) is 57.3 Å². The van der Waals surface area contributed by atoms with Crippen molar-refractivity contribution in [3.8, 4) is 0 Å². The van der Waals surface area contributed by atoms with E-state index < -0.39 is 40.5 Å². The molecule has 0 radical (unpaired) electrons. The number of rotatable bonds is 18. The Balaban J connectivity index is 5.68. The molecule has 0 saturated heterocycles. The van der Waals surface area contributed by atoms with Gasteiger partial charge in [0.1, 0.15) is 6.04 Å². The zero-order chi connectivity index (χ0) is 23.2. The number of unbranched alkanes of at least 4 members (excludes halogenated alkanes) is 5. The Labute approximate surface area is 181 Å². The topological polar surface area (TPSA) is 115 Å². The number of allylic oxidation sites excluding steroid dienone is 2. The second kappa shape index (κ2) is 15.0. The Bertz CT molecular complexity index is 505. The molecule has 0 fully saturated rings. The number of carboxylic acid groups (broad SMARTS) is 3. The van der Waals surface area contributed by atoms with Crippen LogP contribution in [0.5, 0.6) is 0 Å².